The van der Waals surface area contributed by atoms with Gasteiger partial charge in [0.1, 0.15) is 5.82 Å². The van der Waals surface area contributed by atoms with E-state index in [-0.39, 0.29) is 10.7 Å². The molecule has 7 heteroatoms. The molecule has 1 aliphatic rings. The number of nitrogens with one attached hydrogen (secondary N) is 1. The fourth-order valence-electron chi connectivity index (χ4n) is 4.32. The molecule has 5 nitrogen and oxygen atoms in total. The van der Waals surface area contributed by atoms with E-state index in [1.807, 2.05) is 12.3 Å². The Bertz CT molecular complexity index is 1250. The van der Waals surface area contributed by atoms with E-state index in [4.69, 9.17) is 5.26 Å². The van der Waals surface area contributed by atoms with Crippen LogP contribution in [-0.2, 0) is 16.3 Å². The molecule has 1 aromatic heterocycles. The fraction of sp³-hybridized carbons (Fsp3) is 0.292. The molecule has 2 aromatic carbocycles. The molecule has 0 bridgehead atoms. The van der Waals surface area contributed by atoms with Gasteiger partial charge in [0.05, 0.1) is 16.5 Å². The minimum Gasteiger partial charge on any atom is -0.326 e. The largest absolute Gasteiger partial charge is 0.326 e. The van der Waals surface area contributed by atoms with Crippen LogP contribution in [0.3, 0.4) is 0 Å². The van der Waals surface area contributed by atoms with Gasteiger partial charge < -0.3 is 9.88 Å². The maximum Gasteiger partial charge on any atom is 0.203 e. The predicted octanol–water partition coefficient (Wildman–Crippen LogP) is 4.35. The van der Waals surface area contributed by atoms with Crippen molar-refractivity contribution < 1.29 is 12.8 Å². The number of hydrogen-bond acceptors (Lipinski definition) is 4. The Kier molecular flexibility index (Phi) is 5.94. The molecule has 4 rings (SSSR count). The summed E-state index contributed by atoms with van der Waals surface area (Å²) < 4.78 is 42.6. The van der Waals surface area contributed by atoms with Crippen LogP contribution in [0.1, 0.15) is 29.3 Å². The van der Waals surface area contributed by atoms with Gasteiger partial charge in [-0.25, -0.2) is 12.8 Å². The van der Waals surface area contributed by atoms with Crippen LogP contribution in [0.4, 0.5) is 4.39 Å². The molecule has 0 radical (unpaired) electrons. The summed E-state index contributed by atoms with van der Waals surface area (Å²) in [6, 6.07) is 12.3. The summed E-state index contributed by atoms with van der Waals surface area (Å²) in [5.74, 6) is 0.128. The van der Waals surface area contributed by atoms with E-state index >= 15 is 0 Å². The Morgan fingerprint density at radius 1 is 1.23 bits per heavy atom. The summed E-state index contributed by atoms with van der Waals surface area (Å²) in [7, 11) is -3.82. The highest BCUT2D eigenvalue weighted by Crippen LogP contribution is 2.33. The number of rotatable bonds is 6. The first-order valence-corrected chi connectivity index (χ1v) is 11.8. The first kappa shape index (κ1) is 21.3. The van der Waals surface area contributed by atoms with Gasteiger partial charge in [0, 0.05) is 17.1 Å². The van der Waals surface area contributed by atoms with E-state index in [1.54, 1.807) is 10.6 Å². The maximum absolute atomic E-state index is 14.1. The molecule has 0 spiro atoms. The highest BCUT2D eigenvalue weighted by atomic mass is 32.2. The Hall–Kier alpha value is -2.95. The first-order chi connectivity index (χ1) is 14.9. The molecular formula is C24H24FN3O2S. The van der Waals surface area contributed by atoms with Crippen molar-refractivity contribution in [3.8, 4) is 6.07 Å². The van der Waals surface area contributed by atoms with Gasteiger partial charge in [0.15, 0.2) is 5.37 Å². The van der Waals surface area contributed by atoms with E-state index < -0.39 is 15.2 Å². The van der Waals surface area contributed by atoms with Crippen LogP contribution in [0.15, 0.2) is 66.2 Å². The molecule has 1 saturated heterocycles. The van der Waals surface area contributed by atoms with E-state index in [0.29, 0.717) is 17.0 Å². The van der Waals surface area contributed by atoms with Gasteiger partial charge >= 0.3 is 0 Å². The summed E-state index contributed by atoms with van der Waals surface area (Å²) in [5, 5.41) is 12.0. The van der Waals surface area contributed by atoms with Crippen molar-refractivity contribution >= 4 is 20.7 Å². The summed E-state index contributed by atoms with van der Waals surface area (Å²) >= 11 is 0. The number of benzene rings is 2. The molecule has 0 amide bonds. The minimum atomic E-state index is -3.82. The van der Waals surface area contributed by atoms with Crippen molar-refractivity contribution in [1.29, 1.82) is 5.26 Å². The lowest BCUT2D eigenvalue weighted by molar-refractivity contribution is 0.373. The zero-order valence-electron chi connectivity index (χ0n) is 17.1. The Morgan fingerprint density at radius 3 is 2.58 bits per heavy atom. The topological polar surface area (TPSA) is 74.9 Å². The number of sulfone groups is 1. The third-order valence-corrected chi connectivity index (χ3v) is 7.94. The van der Waals surface area contributed by atoms with Crippen molar-refractivity contribution in [3.63, 3.8) is 0 Å². The second kappa shape index (κ2) is 8.66. The molecule has 1 N–H and O–H groups in total. The van der Waals surface area contributed by atoms with Crippen molar-refractivity contribution in [3.05, 3.63) is 78.3 Å². The molecule has 1 fully saturated rings. The lowest BCUT2D eigenvalue weighted by Crippen LogP contribution is -2.28. The lowest BCUT2D eigenvalue weighted by Gasteiger charge is -2.22. The van der Waals surface area contributed by atoms with E-state index in [9.17, 15) is 12.8 Å². The normalized spacial score (nSPS) is 16.1. The van der Waals surface area contributed by atoms with Crippen LogP contribution in [0.2, 0.25) is 0 Å². The average Bonchev–Trinajstić information content (AvgIpc) is 3.11. The van der Waals surface area contributed by atoms with Crippen LogP contribution in [0, 0.1) is 23.1 Å². The Morgan fingerprint density at radius 2 is 1.94 bits per heavy atom. The first-order valence-electron chi connectivity index (χ1n) is 10.3. The molecule has 0 aliphatic carbocycles. The number of nitrogens with zero attached hydrogens (tertiary/aromatic N) is 2. The third kappa shape index (κ3) is 4.14. The maximum atomic E-state index is 14.1. The summed E-state index contributed by atoms with van der Waals surface area (Å²) in [6.07, 6.45) is 6.08. The Labute approximate surface area is 181 Å². The van der Waals surface area contributed by atoms with E-state index in [1.165, 1.54) is 42.5 Å². The Balaban J connectivity index is 1.79. The average molecular weight is 438 g/mol. The number of nitriles is 1. The minimum absolute atomic E-state index is 0.111. The number of fused-ring (bicyclic) bond motifs is 1. The smallest absolute Gasteiger partial charge is 0.203 e. The molecule has 2 heterocycles. The van der Waals surface area contributed by atoms with Crippen LogP contribution in [0.5, 0.6) is 0 Å². The van der Waals surface area contributed by atoms with Gasteiger partial charge in [-0.05, 0) is 86.3 Å². The monoisotopic (exact) mass is 437 g/mol. The van der Waals surface area contributed by atoms with Crippen molar-refractivity contribution in [2.75, 3.05) is 13.1 Å². The van der Waals surface area contributed by atoms with Gasteiger partial charge in [-0.15, -0.1) is 0 Å². The van der Waals surface area contributed by atoms with Gasteiger partial charge in [0.25, 0.3) is 0 Å². The highest BCUT2D eigenvalue weighted by molar-refractivity contribution is 7.91. The van der Waals surface area contributed by atoms with Crippen LogP contribution in [0.25, 0.3) is 10.9 Å². The lowest BCUT2D eigenvalue weighted by atomic mass is 9.91. The summed E-state index contributed by atoms with van der Waals surface area (Å²) in [4.78, 5) is 0.111. The number of hydrogen-bond donors (Lipinski definition) is 1. The second-order valence-electron chi connectivity index (χ2n) is 7.93. The molecular weight excluding hydrogens is 413 g/mol. The zero-order valence-corrected chi connectivity index (χ0v) is 17.9. The van der Waals surface area contributed by atoms with E-state index in [2.05, 4.69) is 11.9 Å². The van der Waals surface area contributed by atoms with Gasteiger partial charge in [-0.3, -0.25) is 0 Å². The van der Waals surface area contributed by atoms with Gasteiger partial charge in [-0.2, -0.15) is 5.26 Å². The third-order valence-electron chi connectivity index (χ3n) is 5.95. The van der Waals surface area contributed by atoms with Gasteiger partial charge in [0.2, 0.25) is 9.84 Å². The highest BCUT2D eigenvalue weighted by Gasteiger charge is 2.29. The fourth-order valence-corrected chi connectivity index (χ4v) is 5.84. The number of piperidine rings is 1. The number of aromatic nitrogens is 1. The molecule has 3 aromatic rings. The van der Waals surface area contributed by atoms with Crippen LogP contribution < -0.4 is 5.32 Å². The van der Waals surface area contributed by atoms with Crippen LogP contribution in [-0.4, -0.2) is 26.1 Å². The molecule has 0 saturated carbocycles. The zero-order chi connectivity index (χ0) is 22.0. The van der Waals surface area contributed by atoms with Crippen molar-refractivity contribution in [2.45, 2.75) is 29.5 Å². The molecule has 1 unspecified atom stereocenters. The quantitative estimate of drug-likeness (QED) is 0.582. The molecule has 1 atom stereocenters. The molecule has 160 valence electrons. The molecule has 1 aliphatic heterocycles. The van der Waals surface area contributed by atoms with Crippen molar-refractivity contribution in [1.82, 2.24) is 9.88 Å². The second-order valence-corrected chi connectivity index (χ2v) is 9.97. The SMILES string of the molecule is C=CC(n1cc(CC2CCNCC2)c2cc(F)ccc21)S(=O)(=O)c1ccc(C#N)cc1. The van der Waals surface area contributed by atoms with Gasteiger partial charge in [-0.1, -0.05) is 12.7 Å². The summed E-state index contributed by atoms with van der Waals surface area (Å²) in [5.41, 5.74) is 2.00. The summed E-state index contributed by atoms with van der Waals surface area (Å²) in [6.45, 7) is 5.69. The standard InChI is InChI=1S/C24H24FN3O2S/c1-2-24(31(29,30)21-6-3-18(15-26)4-7-21)28-16-19(13-17-9-11-27-12-10-17)22-14-20(25)5-8-23(22)28/h2-8,14,16-17,24,27H,1,9-13H2. The van der Waals surface area contributed by atoms with E-state index in [0.717, 1.165) is 43.3 Å². The van der Waals surface area contributed by atoms with Crippen LogP contribution >= 0.6 is 0 Å². The molecule has 31 heavy (non-hydrogen) atoms. The predicted molar refractivity (Wildman–Crippen MR) is 119 cm³/mol. The van der Waals surface area contributed by atoms with Crippen molar-refractivity contribution in [2.24, 2.45) is 5.92 Å². The number of halogens is 1.